The lowest BCUT2D eigenvalue weighted by Crippen LogP contribution is -2.19. The molecule has 0 heterocycles. The third-order valence-corrected chi connectivity index (χ3v) is 4.44. The molecule has 1 aromatic rings. The fourth-order valence-electron chi connectivity index (χ4n) is 3.23. The van der Waals surface area contributed by atoms with Gasteiger partial charge in [0.25, 0.3) is 0 Å². The van der Waals surface area contributed by atoms with E-state index in [0.717, 1.165) is 17.8 Å². The fraction of sp³-hybridized carbons (Fsp3) is 0.647. The maximum atomic E-state index is 2.38. The van der Waals surface area contributed by atoms with Crippen LogP contribution >= 0.6 is 0 Å². The minimum Gasteiger partial charge on any atom is -0.0625 e. The van der Waals surface area contributed by atoms with E-state index in [4.69, 9.17) is 0 Å². The van der Waals surface area contributed by atoms with Crippen LogP contribution in [0.25, 0.3) is 0 Å². The van der Waals surface area contributed by atoms with Crippen LogP contribution in [-0.2, 0) is 6.42 Å². The number of aryl methyl sites for hydroxylation is 1. The van der Waals surface area contributed by atoms with Gasteiger partial charge in [0, 0.05) is 0 Å². The summed E-state index contributed by atoms with van der Waals surface area (Å²) in [6.07, 6.45) is 7.09. The first-order valence-corrected chi connectivity index (χ1v) is 7.20. The van der Waals surface area contributed by atoms with E-state index in [9.17, 15) is 0 Å². The second-order valence-corrected chi connectivity index (χ2v) is 6.22. The van der Waals surface area contributed by atoms with Gasteiger partial charge in [-0.05, 0) is 62.3 Å². The first kappa shape index (κ1) is 12.7. The zero-order chi connectivity index (χ0) is 12.3. The van der Waals surface area contributed by atoms with Crippen LogP contribution in [0.5, 0.6) is 0 Å². The Morgan fingerprint density at radius 2 is 1.82 bits per heavy atom. The van der Waals surface area contributed by atoms with Crippen molar-refractivity contribution in [3.05, 3.63) is 35.4 Å². The van der Waals surface area contributed by atoms with E-state index in [2.05, 4.69) is 45.0 Å². The molecular weight excluding hydrogens is 204 g/mol. The van der Waals surface area contributed by atoms with Crippen molar-refractivity contribution in [1.29, 1.82) is 0 Å². The van der Waals surface area contributed by atoms with Crippen molar-refractivity contribution in [2.45, 2.75) is 52.9 Å². The predicted molar refractivity (Wildman–Crippen MR) is 75.2 cm³/mol. The van der Waals surface area contributed by atoms with Gasteiger partial charge in [0.2, 0.25) is 0 Å². The zero-order valence-electron chi connectivity index (χ0n) is 11.6. The molecule has 0 nitrogen and oxygen atoms in total. The summed E-state index contributed by atoms with van der Waals surface area (Å²) in [6.45, 7) is 6.95. The van der Waals surface area contributed by atoms with Crippen LogP contribution < -0.4 is 0 Å². The van der Waals surface area contributed by atoms with E-state index in [1.54, 1.807) is 0 Å². The average Bonchev–Trinajstić information content (AvgIpc) is 2.29. The molecule has 0 heteroatoms. The number of hydrogen-bond acceptors (Lipinski definition) is 0. The topological polar surface area (TPSA) is 0 Å². The van der Waals surface area contributed by atoms with Crippen molar-refractivity contribution in [1.82, 2.24) is 0 Å². The predicted octanol–water partition coefficient (Wildman–Crippen LogP) is 5.00. The molecule has 0 N–H and O–H groups in total. The van der Waals surface area contributed by atoms with E-state index in [1.165, 1.54) is 43.2 Å². The average molecular weight is 230 g/mol. The Balaban J connectivity index is 1.86. The Morgan fingerprint density at radius 3 is 2.41 bits per heavy atom. The first-order valence-electron chi connectivity index (χ1n) is 7.20. The van der Waals surface area contributed by atoms with Crippen molar-refractivity contribution in [3.8, 4) is 0 Å². The molecule has 0 saturated heterocycles. The Labute approximate surface area is 106 Å². The molecule has 0 aromatic heterocycles. The highest BCUT2D eigenvalue weighted by atomic mass is 14.3. The maximum absolute atomic E-state index is 2.38. The SMILES string of the molecule is Cc1cccc(CC2CCC(C(C)C)CC2)c1. The molecule has 1 saturated carbocycles. The molecule has 94 valence electrons. The maximum Gasteiger partial charge on any atom is -0.0250 e. The van der Waals surface area contributed by atoms with Crippen LogP contribution in [0.1, 0.15) is 50.7 Å². The summed E-state index contributed by atoms with van der Waals surface area (Å²) in [5.41, 5.74) is 2.94. The van der Waals surface area contributed by atoms with Gasteiger partial charge in [-0.1, -0.05) is 43.7 Å². The minimum atomic E-state index is 0.884. The van der Waals surface area contributed by atoms with Crippen LogP contribution in [0.4, 0.5) is 0 Å². The van der Waals surface area contributed by atoms with E-state index in [-0.39, 0.29) is 0 Å². The lowest BCUT2D eigenvalue weighted by Gasteiger charge is -2.31. The molecule has 1 fully saturated rings. The van der Waals surface area contributed by atoms with Crippen molar-refractivity contribution in [3.63, 3.8) is 0 Å². The van der Waals surface area contributed by atoms with E-state index >= 15 is 0 Å². The van der Waals surface area contributed by atoms with Crippen LogP contribution in [0.2, 0.25) is 0 Å². The molecule has 0 amide bonds. The van der Waals surface area contributed by atoms with Crippen molar-refractivity contribution in [2.24, 2.45) is 17.8 Å². The molecule has 0 spiro atoms. The molecule has 0 bridgehead atoms. The van der Waals surface area contributed by atoms with Crippen LogP contribution in [-0.4, -0.2) is 0 Å². The highest BCUT2D eigenvalue weighted by Gasteiger charge is 2.23. The molecule has 1 aromatic carbocycles. The monoisotopic (exact) mass is 230 g/mol. The summed E-state index contributed by atoms with van der Waals surface area (Å²) in [5.74, 6) is 2.81. The molecule has 0 unspecified atom stereocenters. The van der Waals surface area contributed by atoms with Crippen LogP contribution in [0.15, 0.2) is 24.3 Å². The highest BCUT2D eigenvalue weighted by molar-refractivity contribution is 5.22. The lowest BCUT2D eigenvalue weighted by atomic mass is 9.75. The molecular formula is C17H26. The second-order valence-electron chi connectivity index (χ2n) is 6.22. The standard InChI is InChI=1S/C17H26/c1-13(2)17-9-7-15(8-10-17)12-16-6-4-5-14(3)11-16/h4-6,11,13,15,17H,7-10,12H2,1-3H3. The van der Waals surface area contributed by atoms with Gasteiger partial charge >= 0.3 is 0 Å². The summed E-state index contributed by atoms with van der Waals surface area (Å²) in [6, 6.07) is 9.04. The first-order chi connectivity index (χ1) is 8.15. The summed E-state index contributed by atoms with van der Waals surface area (Å²) in [5, 5.41) is 0. The molecule has 0 atom stereocenters. The smallest absolute Gasteiger partial charge is 0.0250 e. The molecule has 0 radical (unpaired) electrons. The normalized spacial score (nSPS) is 25.2. The largest absolute Gasteiger partial charge is 0.0625 e. The van der Waals surface area contributed by atoms with Gasteiger partial charge in [-0.25, -0.2) is 0 Å². The van der Waals surface area contributed by atoms with Gasteiger partial charge in [-0.15, -0.1) is 0 Å². The van der Waals surface area contributed by atoms with E-state index in [0.29, 0.717) is 0 Å². The van der Waals surface area contributed by atoms with Crippen molar-refractivity contribution in [2.75, 3.05) is 0 Å². The van der Waals surface area contributed by atoms with E-state index < -0.39 is 0 Å². The molecule has 2 rings (SSSR count). The minimum absolute atomic E-state index is 0.884. The van der Waals surface area contributed by atoms with Crippen molar-refractivity contribution >= 4 is 0 Å². The van der Waals surface area contributed by atoms with E-state index in [1.807, 2.05) is 0 Å². The third kappa shape index (κ3) is 3.59. The third-order valence-electron chi connectivity index (χ3n) is 4.44. The quantitative estimate of drug-likeness (QED) is 0.685. The molecule has 1 aliphatic rings. The Hall–Kier alpha value is -0.780. The Morgan fingerprint density at radius 1 is 1.12 bits per heavy atom. The van der Waals surface area contributed by atoms with Gasteiger partial charge in [-0.2, -0.15) is 0 Å². The Bertz CT molecular complexity index is 343. The van der Waals surface area contributed by atoms with Gasteiger partial charge in [0.05, 0.1) is 0 Å². The summed E-state index contributed by atoms with van der Waals surface area (Å²) < 4.78 is 0. The zero-order valence-corrected chi connectivity index (χ0v) is 11.6. The number of benzene rings is 1. The van der Waals surface area contributed by atoms with Crippen molar-refractivity contribution < 1.29 is 0 Å². The van der Waals surface area contributed by atoms with Gasteiger partial charge in [0.15, 0.2) is 0 Å². The van der Waals surface area contributed by atoms with Crippen LogP contribution in [0.3, 0.4) is 0 Å². The summed E-state index contributed by atoms with van der Waals surface area (Å²) in [4.78, 5) is 0. The Kier molecular flexibility index (Phi) is 4.25. The molecule has 17 heavy (non-hydrogen) atoms. The van der Waals surface area contributed by atoms with Gasteiger partial charge in [0.1, 0.15) is 0 Å². The van der Waals surface area contributed by atoms with Gasteiger partial charge in [-0.3, -0.25) is 0 Å². The lowest BCUT2D eigenvalue weighted by molar-refractivity contribution is 0.223. The number of rotatable bonds is 3. The summed E-state index contributed by atoms with van der Waals surface area (Å²) >= 11 is 0. The second kappa shape index (κ2) is 5.71. The summed E-state index contributed by atoms with van der Waals surface area (Å²) in [7, 11) is 0. The number of hydrogen-bond donors (Lipinski definition) is 0. The van der Waals surface area contributed by atoms with Crippen LogP contribution in [0, 0.1) is 24.7 Å². The van der Waals surface area contributed by atoms with Gasteiger partial charge < -0.3 is 0 Å². The molecule has 1 aliphatic carbocycles. The highest BCUT2D eigenvalue weighted by Crippen LogP contribution is 2.34. The molecule has 0 aliphatic heterocycles. The fourth-order valence-corrected chi connectivity index (χ4v) is 3.23.